The minimum Gasteiger partial charge on any atom is -0.476 e. The Kier molecular flexibility index (Phi) is 6.97. The number of carbonyl (C=O) groups is 2. The van der Waals surface area contributed by atoms with Crippen LogP contribution in [0.2, 0.25) is 0 Å². The highest BCUT2D eigenvalue weighted by Gasteiger charge is 2.35. The summed E-state index contributed by atoms with van der Waals surface area (Å²) in [6.45, 7) is 12.7. The molecule has 2 radical (unpaired) electrons. The highest BCUT2D eigenvalue weighted by atomic mass is 16.6. The molecule has 2 aromatic rings. The molecule has 2 rings (SSSR count). The minimum absolute atomic E-state index is 0.100. The first-order valence-corrected chi connectivity index (χ1v) is 9.90. The lowest BCUT2D eigenvalue weighted by atomic mass is 9.94. The molecule has 0 amide bonds. The SMILES string of the molecule is [B]c1ccc(C(=O)/C=C/c2cc(C)c(OC(C)(C)C(=O)OC(C)(C)C)c(C)c2)cc1. The summed E-state index contributed by atoms with van der Waals surface area (Å²) >= 11 is 0. The van der Waals surface area contributed by atoms with Crippen LogP contribution in [-0.4, -0.2) is 30.8 Å². The summed E-state index contributed by atoms with van der Waals surface area (Å²) in [7, 11) is 5.66. The van der Waals surface area contributed by atoms with Crippen LogP contribution in [0.5, 0.6) is 5.75 Å². The van der Waals surface area contributed by atoms with Crippen LogP contribution in [-0.2, 0) is 9.53 Å². The van der Waals surface area contributed by atoms with Crippen LogP contribution in [0.3, 0.4) is 0 Å². The van der Waals surface area contributed by atoms with Crippen molar-refractivity contribution in [2.75, 3.05) is 0 Å². The second-order valence-electron chi connectivity index (χ2n) is 8.92. The van der Waals surface area contributed by atoms with Gasteiger partial charge in [-0.1, -0.05) is 35.8 Å². The third-order valence-electron chi connectivity index (χ3n) is 4.35. The second kappa shape index (κ2) is 8.91. The first kappa shape index (κ1) is 23.5. The lowest BCUT2D eigenvalue weighted by Gasteiger charge is -2.30. The van der Waals surface area contributed by atoms with Crippen molar-refractivity contribution in [3.05, 3.63) is 64.7 Å². The van der Waals surface area contributed by atoms with E-state index in [1.807, 2.05) is 46.8 Å². The molecule has 0 bridgehead atoms. The van der Waals surface area contributed by atoms with Crippen LogP contribution < -0.4 is 10.2 Å². The van der Waals surface area contributed by atoms with Gasteiger partial charge in [-0.2, -0.15) is 0 Å². The number of aryl methyl sites for hydroxylation is 2. The summed E-state index contributed by atoms with van der Waals surface area (Å²) < 4.78 is 11.5. The maximum Gasteiger partial charge on any atom is 0.350 e. The van der Waals surface area contributed by atoms with Gasteiger partial charge in [0.15, 0.2) is 11.4 Å². The van der Waals surface area contributed by atoms with Crippen molar-refractivity contribution in [3.8, 4) is 5.75 Å². The molecule has 30 heavy (non-hydrogen) atoms. The first-order chi connectivity index (χ1) is 13.8. The minimum atomic E-state index is -1.13. The molecule has 0 N–H and O–H groups in total. The number of rotatable bonds is 6. The van der Waals surface area contributed by atoms with Gasteiger partial charge in [0, 0.05) is 5.56 Å². The Balaban J connectivity index is 2.19. The largest absolute Gasteiger partial charge is 0.476 e. The van der Waals surface area contributed by atoms with Crippen LogP contribution in [0, 0.1) is 13.8 Å². The Bertz CT molecular complexity index is 941. The third kappa shape index (κ3) is 6.34. The molecule has 0 spiro atoms. The van der Waals surface area contributed by atoms with Crippen molar-refractivity contribution < 1.29 is 19.1 Å². The maximum atomic E-state index is 12.5. The van der Waals surface area contributed by atoms with Crippen LogP contribution in [0.15, 0.2) is 42.5 Å². The number of benzene rings is 2. The van der Waals surface area contributed by atoms with Gasteiger partial charge in [-0.15, -0.1) is 0 Å². The molecule has 2 aromatic carbocycles. The van der Waals surface area contributed by atoms with Crippen molar-refractivity contribution in [1.82, 2.24) is 0 Å². The summed E-state index contributed by atoms with van der Waals surface area (Å²) in [4.78, 5) is 24.8. The molecule has 0 atom stereocenters. The highest BCUT2D eigenvalue weighted by Crippen LogP contribution is 2.30. The monoisotopic (exact) mass is 404 g/mol. The van der Waals surface area contributed by atoms with E-state index in [0.717, 1.165) is 16.7 Å². The normalized spacial score (nSPS) is 12.1. The second-order valence-corrected chi connectivity index (χ2v) is 8.92. The average Bonchev–Trinajstić information content (AvgIpc) is 2.62. The van der Waals surface area contributed by atoms with Gasteiger partial charge in [0.1, 0.15) is 19.2 Å². The zero-order valence-corrected chi connectivity index (χ0v) is 18.8. The van der Waals surface area contributed by atoms with Gasteiger partial charge in [-0.25, -0.2) is 4.79 Å². The predicted molar refractivity (Wildman–Crippen MR) is 122 cm³/mol. The molecule has 0 saturated heterocycles. The van der Waals surface area contributed by atoms with E-state index in [1.54, 1.807) is 44.2 Å². The number of hydrogen-bond acceptors (Lipinski definition) is 4. The van der Waals surface area contributed by atoms with E-state index in [4.69, 9.17) is 17.3 Å². The van der Waals surface area contributed by atoms with Crippen LogP contribution >= 0.6 is 0 Å². The van der Waals surface area contributed by atoms with Crippen molar-refractivity contribution in [2.24, 2.45) is 0 Å². The molecule has 0 fully saturated rings. The summed E-state index contributed by atoms with van der Waals surface area (Å²) in [6, 6.07) is 10.6. The molecule has 5 heteroatoms. The summed E-state index contributed by atoms with van der Waals surface area (Å²) in [6.07, 6.45) is 3.30. The van der Waals surface area contributed by atoms with Gasteiger partial charge in [-0.05, 0) is 83.4 Å². The fourth-order valence-electron chi connectivity index (χ4n) is 2.85. The zero-order valence-electron chi connectivity index (χ0n) is 18.8. The van der Waals surface area contributed by atoms with Gasteiger partial charge in [0.2, 0.25) is 0 Å². The van der Waals surface area contributed by atoms with Crippen molar-refractivity contribution in [3.63, 3.8) is 0 Å². The van der Waals surface area contributed by atoms with E-state index >= 15 is 0 Å². The van der Waals surface area contributed by atoms with Gasteiger partial charge in [0.05, 0.1) is 0 Å². The molecule has 156 valence electrons. The van der Waals surface area contributed by atoms with Crippen LogP contribution in [0.1, 0.15) is 61.7 Å². The van der Waals surface area contributed by atoms with E-state index in [-0.39, 0.29) is 5.78 Å². The Morgan fingerprint density at radius 1 is 0.933 bits per heavy atom. The van der Waals surface area contributed by atoms with Crippen molar-refractivity contribution in [1.29, 1.82) is 0 Å². The Morgan fingerprint density at radius 2 is 1.47 bits per heavy atom. The van der Waals surface area contributed by atoms with Gasteiger partial charge < -0.3 is 9.47 Å². The number of ketones is 1. The molecule has 0 aliphatic rings. The lowest BCUT2D eigenvalue weighted by molar-refractivity contribution is -0.171. The Hall–Kier alpha value is -2.82. The van der Waals surface area contributed by atoms with Gasteiger partial charge in [0.25, 0.3) is 0 Å². The molecular formula is C25H29BO4. The standard InChI is InChI=1S/C25H29BO4/c1-16-14-18(8-13-21(27)19-9-11-20(26)12-10-19)15-17(2)22(16)29-25(6,7)23(28)30-24(3,4)5/h8-15H,1-7H3/b13-8+. The van der Waals surface area contributed by atoms with E-state index < -0.39 is 17.2 Å². The average molecular weight is 404 g/mol. The lowest BCUT2D eigenvalue weighted by Crippen LogP contribution is -2.43. The molecule has 0 aliphatic carbocycles. The molecule has 0 aliphatic heterocycles. The summed E-state index contributed by atoms with van der Waals surface area (Å²) in [5.74, 6) is 0.108. The van der Waals surface area contributed by atoms with Crippen LogP contribution in [0.4, 0.5) is 0 Å². The van der Waals surface area contributed by atoms with Crippen LogP contribution in [0.25, 0.3) is 6.08 Å². The van der Waals surface area contributed by atoms with E-state index in [2.05, 4.69) is 0 Å². The fraction of sp³-hybridized carbons (Fsp3) is 0.360. The highest BCUT2D eigenvalue weighted by molar-refractivity contribution is 6.32. The van der Waals surface area contributed by atoms with Crippen molar-refractivity contribution >= 4 is 31.1 Å². The third-order valence-corrected chi connectivity index (χ3v) is 4.35. The molecular weight excluding hydrogens is 375 g/mol. The Labute approximate surface area is 180 Å². The zero-order chi connectivity index (χ0) is 22.7. The molecule has 0 heterocycles. The molecule has 4 nitrogen and oxygen atoms in total. The van der Waals surface area contributed by atoms with Crippen molar-refractivity contribution in [2.45, 2.75) is 59.7 Å². The number of carbonyl (C=O) groups excluding carboxylic acids is 2. The first-order valence-electron chi connectivity index (χ1n) is 9.90. The summed E-state index contributed by atoms with van der Waals surface area (Å²) in [5.41, 5.74) is 2.08. The maximum absolute atomic E-state index is 12.5. The smallest absolute Gasteiger partial charge is 0.350 e. The molecule has 0 unspecified atom stereocenters. The quantitative estimate of drug-likeness (QED) is 0.308. The van der Waals surface area contributed by atoms with E-state index in [1.165, 1.54) is 6.08 Å². The molecule has 0 aromatic heterocycles. The molecule has 0 saturated carbocycles. The number of allylic oxidation sites excluding steroid dienone is 1. The fourth-order valence-corrected chi connectivity index (χ4v) is 2.85. The van der Waals surface area contributed by atoms with E-state index in [9.17, 15) is 9.59 Å². The number of esters is 1. The van der Waals surface area contributed by atoms with Gasteiger partial charge >= 0.3 is 5.97 Å². The number of ether oxygens (including phenoxy) is 2. The Morgan fingerprint density at radius 3 is 1.97 bits per heavy atom. The van der Waals surface area contributed by atoms with E-state index in [0.29, 0.717) is 16.8 Å². The topological polar surface area (TPSA) is 52.6 Å². The van der Waals surface area contributed by atoms with Gasteiger partial charge in [-0.3, -0.25) is 4.79 Å². The number of hydrogen-bond donors (Lipinski definition) is 0. The predicted octanol–water partition coefficient (Wildman–Crippen LogP) is 4.49. The summed E-state index contributed by atoms with van der Waals surface area (Å²) in [5, 5.41) is 0.